The van der Waals surface area contributed by atoms with Crippen molar-refractivity contribution in [3.63, 3.8) is 0 Å². The van der Waals surface area contributed by atoms with Gasteiger partial charge < -0.3 is 4.90 Å². The SMILES string of the molecule is Cc1ccc(C)c(S(=O)(=O)N2CCN(C(=O)CC34CC5CC(CC(C5)C3)C4)CC2)c1. The summed E-state index contributed by atoms with van der Waals surface area (Å²) in [5.74, 6) is 2.80. The van der Waals surface area contributed by atoms with E-state index in [1.165, 1.54) is 38.5 Å². The van der Waals surface area contributed by atoms with Crippen LogP contribution in [-0.2, 0) is 14.8 Å². The second-order valence-electron chi connectivity index (χ2n) is 10.6. The summed E-state index contributed by atoms with van der Waals surface area (Å²) < 4.78 is 27.9. The molecule has 0 unspecified atom stereocenters. The van der Waals surface area contributed by atoms with Gasteiger partial charge in [-0.1, -0.05) is 12.1 Å². The first kappa shape index (κ1) is 20.5. The summed E-state index contributed by atoms with van der Waals surface area (Å²) in [6.07, 6.45) is 8.58. The Balaban J connectivity index is 1.23. The Kier molecular flexibility index (Phi) is 5.01. The fraction of sp³-hybridized carbons (Fsp3) is 0.708. The second-order valence-corrected chi connectivity index (χ2v) is 12.6. The lowest BCUT2D eigenvalue weighted by molar-refractivity contribution is -0.140. The third kappa shape index (κ3) is 3.60. The fourth-order valence-corrected chi connectivity index (χ4v) is 8.97. The molecule has 1 aliphatic heterocycles. The number of sulfonamides is 1. The number of piperazine rings is 1. The number of benzene rings is 1. The van der Waals surface area contributed by atoms with Gasteiger partial charge in [-0.15, -0.1) is 0 Å². The summed E-state index contributed by atoms with van der Waals surface area (Å²) in [5, 5.41) is 0. The molecule has 5 nitrogen and oxygen atoms in total. The van der Waals surface area contributed by atoms with Gasteiger partial charge in [-0.3, -0.25) is 4.79 Å². The van der Waals surface area contributed by atoms with Gasteiger partial charge in [-0.25, -0.2) is 8.42 Å². The van der Waals surface area contributed by atoms with Crippen molar-refractivity contribution in [2.24, 2.45) is 23.2 Å². The Morgan fingerprint density at radius 3 is 2.10 bits per heavy atom. The summed E-state index contributed by atoms with van der Waals surface area (Å²) in [6, 6.07) is 5.57. The van der Waals surface area contributed by atoms with Crippen LogP contribution in [0.4, 0.5) is 0 Å². The predicted octanol–water partition coefficient (Wildman–Crippen LogP) is 3.74. The molecule has 6 rings (SSSR count). The molecule has 5 fully saturated rings. The van der Waals surface area contributed by atoms with Crippen LogP contribution in [0.3, 0.4) is 0 Å². The van der Waals surface area contributed by atoms with Gasteiger partial charge in [0.05, 0.1) is 4.90 Å². The fourth-order valence-electron chi connectivity index (χ4n) is 7.24. The first-order valence-corrected chi connectivity index (χ1v) is 13.0. The minimum absolute atomic E-state index is 0.244. The Labute approximate surface area is 180 Å². The summed E-state index contributed by atoms with van der Waals surface area (Å²) in [6.45, 7) is 5.56. The molecular weight excluding hydrogens is 396 g/mol. The van der Waals surface area contributed by atoms with E-state index < -0.39 is 10.0 Å². The molecule has 4 bridgehead atoms. The van der Waals surface area contributed by atoms with Gasteiger partial charge in [-0.05, 0) is 92.7 Å². The number of aryl methyl sites for hydroxylation is 2. The van der Waals surface area contributed by atoms with E-state index in [9.17, 15) is 13.2 Å². The molecule has 1 amide bonds. The molecule has 1 heterocycles. The molecular formula is C24H34N2O3S. The van der Waals surface area contributed by atoms with Crippen LogP contribution in [0.2, 0.25) is 0 Å². The maximum Gasteiger partial charge on any atom is 0.243 e. The van der Waals surface area contributed by atoms with Crippen LogP contribution in [0.1, 0.15) is 56.1 Å². The van der Waals surface area contributed by atoms with E-state index in [1.807, 2.05) is 30.9 Å². The number of nitrogens with zero attached hydrogens (tertiary/aromatic N) is 2. The molecule has 6 heteroatoms. The maximum atomic E-state index is 13.2. The van der Waals surface area contributed by atoms with Crippen molar-refractivity contribution in [1.82, 2.24) is 9.21 Å². The topological polar surface area (TPSA) is 57.7 Å². The maximum absolute atomic E-state index is 13.2. The van der Waals surface area contributed by atoms with Crippen LogP contribution in [0, 0.1) is 37.0 Å². The molecule has 1 aromatic rings. The number of hydrogen-bond acceptors (Lipinski definition) is 3. The summed E-state index contributed by atoms with van der Waals surface area (Å²) >= 11 is 0. The Morgan fingerprint density at radius 1 is 0.967 bits per heavy atom. The van der Waals surface area contributed by atoms with E-state index >= 15 is 0 Å². The number of hydrogen-bond donors (Lipinski definition) is 0. The van der Waals surface area contributed by atoms with E-state index in [2.05, 4.69) is 0 Å². The molecule has 4 aliphatic carbocycles. The molecule has 0 spiro atoms. The average molecular weight is 431 g/mol. The Morgan fingerprint density at radius 2 is 1.53 bits per heavy atom. The predicted molar refractivity (Wildman–Crippen MR) is 116 cm³/mol. The third-order valence-corrected chi connectivity index (χ3v) is 10.3. The van der Waals surface area contributed by atoms with Crippen molar-refractivity contribution in [3.05, 3.63) is 29.3 Å². The van der Waals surface area contributed by atoms with Gasteiger partial charge in [0.15, 0.2) is 0 Å². The number of amides is 1. The molecule has 1 saturated heterocycles. The summed E-state index contributed by atoms with van der Waals surface area (Å²) in [5.41, 5.74) is 1.97. The zero-order chi connectivity index (χ0) is 21.1. The van der Waals surface area contributed by atoms with E-state index in [0.29, 0.717) is 37.5 Å². The van der Waals surface area contributed by atoms with E-state index in [0.717, 1.165) is 28.9 Å². The van der Waals surface area contributed by atoms with Crippen LogP contribution in [0.25, 0.3) is 0 Å². The minimum Gasteiger partial charge on any atom is -0.340 e. The van der Waals surface area contributed by atoms with Crippen LogP contribution in [0.15, 0.2) is 23.1 Å². The number of rotatable bonds is 4. The molecule has 30 heavy (non-hydrogen) atoms. The average Bonchev–Trinajstić information content (AvgIpc) is 2.68. The first-order chi connectivity index (χ1) is 14.2. The largest absolute Gasteiger partial charge is 0.340 e. The van der Waals surface area contributed by atoms with Gasteiger partial charge in [0.25, 0.3) is 0 Å². The van der Waals surface area contributed by atoms with Gasteiger partial charge in [0, 0.05) is 32.6 Å². The smallest absolute Gasteiger partial charge is 0.243 e. The van der Waals surface area contributed by atoms with Crippen LogP contribution in [-0.4, -0.2) is 49.7 Å². The quantitative estimate of drug-likeness (QED) is 0.731. The highest BCUT2D eigenvalue weighted by Crippen LogP contribution is 2.61. The molecule has 0 radical (unpaired) electrons. The monoisotopic (exact) mass is 430 g/mol. The van der Waals surface area contributed by atoms with Crippen molar-refractivity contribution in [2.45, 2.75) is 63.7 Å². The standard InChI is InChI=1S/C24H34N2O3S/c1-17-3-4-18(2)22(9-17)30(28,29)26-7-5-25(6-8-26)23(27)16-24-13-19-10-20(14-24)12-21(11-19)15-24/h3-4,9,19-21H,5-8,10-16H2,1-2H3. The summed E-state index contributed by atoms with van der Waals surface area (Å²) in [7, 11) is -3.51. The van der Waals surface area contributed by atoms with Gasteiger partial charge in [0.2, 0.25) is 15.9 Å². The minimum atomic E-state index is -3.51. The third-order valence-electron chi connectivity index (χ3n) is 8.24. The Hall–Kier alpha value is -1.40. The van der Waals surface area contributed by atoms with Gasteiger partial charge in [-0.2, -0.15) is 4.31 Å². The lowest BCUT2D eigenvalue weighted by atomic mass is 9.49. The van der Waals surface area contributed by atoms with Crippen molar-refractivity contribution in [1.29, 1.82) is 0 Å². The second kappa shape index (κ2) is 7.33. The van der Waals surface area contributed by atoms with Crippen LogP contribution < -0.4 is 0 Å². The zero-order valence-electron chi connectivity index (χ0n) is 18.3. The normalized spacial score (nSPS) is 33.8. The first-order valence-electron chi connectivity index (χ1n) is 11.6. The number of carbonyl (C=O) groups excluding carboxylic acids is 1. The molecule has 1 aromatic carbocycles. The van der Waals surface area contributed by atoms with Crippen LogP contribution in [0.5, 0.6) is 0 Å². The lowest BCUT2D eigenvalue weighted by Gasteiger charge is -2.57. The molecule has 4 saturated carbocycles. The summed E-state index contributed by atoms with van der Waals surface area (Å²) in [4.78, 5) is 15.5. The zero-order valence-corrected chi connectivity index (χ0v) is 19.1. The van der Waals surface area contributed by atoms with E-state index in [1.54, 1.807) is 10.4 Å². The van der Waals surface area contributed by atoms with Gasteiger partial charge >= 0.3 is 0 Å². The Bertz CT molecular complexity index is 912. The number of carbonyl (C=O) groups is 1. The van der Waals surface area contributed by atoms with Crippen molar-refractivity contribution in [2.75, 3.05) is 26.2 Å². The van der Waals surface area contributed by atoms with E-state index in [-0.39, 0.29) is 11.3 Å². The molecule has 0 N–H and O–H groups in total. The molecule has 0 aromatic heterocycles. The van der Waals surface area contributed by atoms with Crippen molar-refractivity contribution >= 4 is 15.9 Å². The van der Waals surface area contributed by atoms with E-state index in [4.69, 9.17) is 0 Å². The molecule has 5 aliphatic rings. The van der Waals surface area contributed by atoms with Crippen molar-refractivity contribution < 1.29 is 13.2 Å². The highest BCUT2D eigenvalue weighted by molar-refractivity contribution is 7.89. The molecule has 0 atom stereocenters. The highest BCUT2D eigenvalue weighted by atomic mass is 32.2. The van der Waals surface area contributed by atoms with Gasteiger partial charge in [0.1, 0.15) is 0 Å². The molecule has 164 valence electrons. The highest BCUT2D eigenvalue weighted by Gasteiger charge is 2.51. The lowest BCUT2D eigenvalue weighted by Crippen LogP contribution is -2.53. The van der Waals surface area contributed by atoms with Crippen molar-refractivity contribution in [3.8, 4) is 0 Å². The van der Waals surface area contributed by atoms with Crippen LogP contribution >= 0.6 is 0 Å².